The summed E-state index contributed by atoms with van der Waals surface area (Å²) in [5, 5.41) is 3.61. The fourth-order valence-electron chi connectivity index (χ4n) is 3.48. The number of hydrogen-bond donors (Lipinski definition) is 1. The molecule has 0 radical (unpaired) electrons. The Morgan fingerprint density at radius 3 is 2.52 bits per heavy atom. The summed E-state index contributed by atoms with van der Waals surface area (Å²) in [5.41, 5.74) is 1.38. The SMILES string of the molecule is CCN1C(=O)[C@H](CC(=O)Nc2ccccc2Cl)N(Cc2ccc(OC)c(OC)c2)C1=S. The van der Waals surface area contributed by atoms with Crippen LogP contribution in [0.1, 0.15) is 18.9 Å². The third-order valence-corrected chi connectivity index (χ3v) is 5.83. The molecule has 0 unspecified atom stereocenters. The van der Waals surface area contributed by atoms with E-state index < -0.39 is 6.04 Å². The topological polar surface area (TPSA) is 71.1 Å². The van der Waals surface area contributed by atoms with E-state index in [2.05, 4.69) is 5.32 Å². The first-order valence-corrected chi connectivity index (χ1v) is 10.6. The van der Waals surface area contributed by atoms with Crippen LogP contribution in [0.5, 0.6) is 11.5 Å². The zero-order chi connectivity index (χ0) is 22.5. The third-order valence-electron chi connectivity index (χ3n) is 5.05. The van der Waals surface area contributed by atoms with Gasteiger partial charge in [-0.3, -0.25) is 14.5 Å². The van der Waals surface area contributed by atoms with Crippen LogP contribution in [0, 0.1) is 0 Å². The molecule has 0 aromatic heterocycles. The maximum absolute atomic E-state index is 13.0. The Morgan fingerprint density at radius 2 is 1.87 bits per heavy atom. The van der Waals surface area contributed by atoms with Crippen molar-refractivity contribution in [1.82, 2.24) is 9.80 Å². The first-order valence-electron chi connectivity index (χ1n) is 9.76. The molecular formula is C22H24ClN3O4S. The number of thiocarbonyl (C=S) groups is 1. The molecule has 0 saturated carbocycles. The number of benzene rings is 2. The molecular weight excluding hydrogens is 438 g/mol. The fraction of sp³-hybridized carbons (Fsp3) is 0.318. The molecule has 2 amide bonds. The third kappa shape index (κ3) is 4.91. The molecule has 31 heavy (non-hydrogen) atoms. The second-order valence-corrected chi connectivity index (χ2v) is 7.70. The molecule has 0 bridgehead atoms. The van der Waals surface area contributed by atoms with Crippen LogP contribution in [0.2, 0.25) is 5.02 Å². The van der Waals surface area contributed by atoms with Crippen molar-refractivity contribution in [2.45, 2.75) is 25.9 Å². The lowest BCUT2D eigenvalue weighted by Crippen LogP contribution is -2.37. The molecule has 2 aromatic rings. The number of rotatable bonds is 8. The van der Waals surface area contributed by atoms with Crippen LogP contribution in [0.25, 0.3) is 0 Å². The minimum atomic E-state index is -0.706. The summed E-state index contributed by atoms with van der Waals surface area (Å²) in [6.07, 6.45) is -0.0476. The van der Waals surface area contributed by atoms with Gasteiger partial charge in [-0.05, 0) is 49.0 Å². The molecule has 1 atom stereocenters. The maximum atomic E-state index is 13.0. The summed E-state index contributed by atoms with van der Waals surface area (Å²) in [5.74, 6) is 0.681. The van der Waals surface area contributed by atoms with E-state index in [-0.39, 0.29) is 18.2 Å². The van der Waals surface area contributed by atoms with E-state index in [0.717, 1.165) is 5.56 Å². The van der Waals surface area contributed by atoms with E-state index in [0.29, 0.717) is 40.4 Å². The minimum Gasteiger partial charge on any atom is -0.493 e. The van der Waals surface area contributed by atoms with Crippen LogP contribution >= 0.6 is 23.8 Å². The Labute approximate surface area is 191 Å². The monoisotopic (exact) mass is 461 g/mol. The summed E-state index contributed by atoms with van der Waals surface area (Å²) >= 11 is 11.7. The number of methoxy groups -OCH3 is 2. The molecule has 1 N–H and O–H groups in total. The molecule has 1 saturated heterocycles. The quantitative estimate of drug-likeness (QED) is 0.604. The minimum absolute atomic E-state index is 0.0476. The lowest BCUT2D eigenvalue weighted by atomic mass is 10.1. The van der Waals surface area contributed by atoms with Gasteiger partial charge in [0.15, 0.2) is 16.6 Å². The number of carbonyl (C=O) groups excluding carboxylic acids is 2. The second kappa shape index (κ2) is 9.98. The van der Waals surface area contributed by atoms with Crippen LogP contribution in [0.4, 0.5) is 5.69 Å². The molecule has 1 fully saturated rings. The number of ether oxygens (including phenoxy) is 2. The molecule has 0 aliphatic carbocycles. The average Bonchev–Trinajstić information content (AvgIpc) is 2.98. The van der Waals surface area contributed by atoms with Gasteiger partial charge in [0.2, 0.25) is 5.91 Å². The van der Waals surface area contributed by atoms with Crippen molar-refractivity contribution in [3.63, 3.8) is 0 Å². The highest BCUT2D eigenvalue weighted by atomic mass is 35.5. The molecule has 1 aliphatic heterocycles. The number of anilines is 1. The average molecular weight is 462 g/mol. The molecule has 9 heteroatoms. The number of para-hydroxylation sites is 1. The molecule has 7 nitrogen and oxygen atoms in total. The molecule has 1 heterocycles. The van der Waals surface area contributed by atoms with E-state index in [4.69, 9.17) is 33.3 Å². The smallest absolute Gasteiger partial charge is 0.252 e. The van der Waals surface area contributed by atoms with E-state index in [1.54, 1.807) is 49.5 Å². The van der Waals surface area contributed by atoms with Crippen molar-refractivity contribution in [2.75, 3.05) is 26.1 Å². The number of carbonyl (C=O) groups is 2. The van der Waals surface area contributed by atoms with E-state index in [1.165, 1.54) is 4.90 Å². The molecule has 3 rings (SSSR count). The largest absolute Gasteiger partial charge is 0.493 e. The van der Waals surface area contributed by atoms with E-state index >= 15 is 0 Å². The van der Waals surface area contributed by atoms with Crippen LogP contribution in [-0.2, 0) is 16.1 Å². The predicted octanol–water partition coefficient (Wildman–Crippen LogP) is 3.70. The van der Waals surface area contributed by atoms with Gasteiger partial charge < -0.3 is 19.7 Å². The Balaban J connectivity index is 1.81. The van der Waals surface area contributed by atoms with Crippen LogP contribution in [0.3, 0.4) is 0 Å². The van der Waals surface area contributed by atoms with Gasteiger partial charge in [-0.2, -0.15) is 0 Å². The standard InChI is InChI=1S/C22H24ClN3O4S/c1-4-25-21(28)17(12-20(27)24-16-8-6-5-7-15(16)23)26(22(25)31)13-14-9-10-18(29-2)19(11-14)30-3/h5-11,17H,4,12-13H2,1-3H3,(H,24,27)/t17-/m0/s1. The summed E-state index contributed by atoms with van der Waals surface area (Å²) in [4.78, 5) is 29.0. The van der Waals surface area contributed by atoms with E-state index in [9.17, 15) is 9.59 Å². The van der Waals surface area contributed by atoms with Crippen molar-refractivity contribution in [2.24, 2.45) is 0 Å². The number of likely N-dealkylation sites (N-methyl/N-ethyl adjacent to an activating group) is 1. The molecule has 2 aromatic carbocycles. The van der Waals surface area contributed by atoms with Crippen LogP contribution < -0.4 is 14.8 Å². The number of amides is 2. The van der Waals surface area contributed by atoms with Gasteiger partial charge in [0.05, 0.1) is 31.4 Å². The van der Waals surface area contributed by atoms with Gasteiger partial charge in [-0.15, -0.1) is 0 Å². The zero-order valence-corrected chi connectivity index (χ0v) is 19.1. The highest BCUT2D eigenvalue weighted by molar-refractivity contribution is 7.80. The van der Waals surface area contributed by atoms with Crippen molar-refractivity contribution < 1.29 is 19.1 Å². The Bertz CT molecular complexity index is 1000. The van der Waals surface area contributed by atoms with Gasteiger partial charge in [0.1, 0.15) is 6.04 Å². The lowest BCUT2D eigenvalue weighted by Gasteiger charge is -2.24. The number of hydrogen-bond acceptors (Lipinski definition) is 5. The van der Waals surface area contributed by atoms with Crippen molar-refractivity contribution >= 4 is 46.4 Å². The first kappa shape index (κ1) is 22.8. The zero-order valence-electron chi connectivity index (χ0n) is 17.6. The predicted molar refractivity (Wildman–Crippen MR) is 124 cm³/mol. The van der Waals surface area contributed by atoms with Gasteiger partial charge in [-0.25, -0.2) is 0 Å². The van der Waals surface area contributed by atoms with Crippen LogP contribution in [-0.4, -0.2) is 53.5 Å². The van der Waals surface area contributed by atoms with Gasteiger partial charge in [0.25, 0.3) is 5.91 Å². The highest BCUT2D eigenvalue weighted by Crippen LogP contribution is 2.30. The Hall–Kier alpha value is -2.84. The molecule has 0 spiro atoms. The number of halogens is 1. The van der Waals surface area contributed by atoms with Gasteiger partial charge >= 0.3 is 0 Å². The van der Waals surface area contributed by atoms with Crippen LogP contribution in [0.15, 0.2) is 42.5 Å². The summed E-state index contributed by atoms with van der Waals surface area (Å²) in [6, 6.07) is 11.8. The second-order valence-electron chi connectivity index (χ2n) is 6.93. The maximum Gasteiger partial charge on any atom is 0.252 e. The normalized spacial score (nSPS) is 15.9. The lowest BCUT2D eigenvalue weighted by molar-refractivity contribution is -0.130. The van der Waals surface area contributed by atoms with Gasteiger partial charge in [-0.1, -0.05) is 29.8 Å². The Morgan fingerprint density at radius 1 is 1.16 bits per heavy atom. The van der Waals surface area contributed by atoms with Crippen molar-refractivity contribution in [3.8, 4) is 11.5 Å². The van der Waals surface area contributed by atoms with Gasteiger partial charge in [0, 0.05) is 13.1 Å². The summed E-state index contributed by atoms with van der Waals surface area (Å²) in [7, 11) is 3.13. The molecule has 1 aliphatic rings. The van der Waals surface area contributed by atoms with E-state index in [1.807, 2.05) is 19.1 Å². The summed E-state index contributed by atoms with van der Waals surface area (Å²) < 4.78 is 10.7. The fourth-order valence-corrected chi connectivity index (χ4v) is 4.07. The number of nitrogens with one attached hydrogen (secondary N) is 1. The number of nitrogens with zero attached hydrogens (tertiary/aromatic N) is 2. The van der Waals surface area contributed by atoms with Crippen molar-refractivity contribution in [1.29, 1.82) is 0 Å². The summed E-state index contributed by atoms with van der Waals surface area (Å²) in [6.45, 7) is 2.64. The highest BCUT2D eigenvalue weighted by Gasteiger charge is 2.42. The first-order chi connectivity index (χ1) is 14.9. The Kier molecular flexibility index (Phi) is 7.35. The van der Waals surface area contributed by atoms with Crippen molar-refractivity contribution in [3.05, 3.63) is 53.1 Å². The molecule has 164 valence electrons.